The molecule has 0 bridgehead atoms. The molecular formula is C8H6F3NO2. The Hall–Kier alpha value is -1.59. The number of rotatable bonds is 2. The zero-order valence-corrected chi connectivity index (χ0v) is 6.88. The molecule has 14 heavy (non-hydrogen) atoms. The number of carboxylic acid groups (broad SMARTS) is 1. The van der Waals surface area contributed by atoms with Crippen LogP contribution in [0.5, 0.6) is 0 Å². The van der Waals surface area contributed by atoms with Crippen LogP contribution in [0.4, 0.5) is 13.2 Å². The Kier molecular flexibility index (Phi) is 2.73. The van der Waals surface area contributed by atoms with Crippen molar-refractivity contribution in [3.8, 4) is 0 Å². The van der Waals surface area contributed by atoms with Crippen molar-refractivity contribution >= 4 is 5.97 Å². The quantitative estimate of drug-likeness (QED) is 0.799. The van der Waals surface area contributed by atoms with Crippen LogP contribution in [0, 0.1) is 0 Å². The highest BCUT2D eigenvalue weighted by atomic mass is 19.4. The summed E-state index contributed by atoms with van der Waals surface area (Å²) in [6.07, 6.45) is -3.32. The standard InChI is InChI=1S/C8H6F3NO2/c9-8(10,11)6-1-2-12-4-5(6)3-7(13)14/h1-2,4H,3H2,(H,13,14). The Labute approximate surface area is 77.2 Å². The van der Waals surface area contributed by atoms with E-state index in [0.29, 0.717) is 0 Å². The van der Waals surface area contributed by atoms with Crippen molar-refractivity contribution in [2.75, 3.05) is 0 Å². The summed E-state index contributed by atoms with van der Waals surface area (Å²) in [6.45, 7) is 0. The van der Waals surface area contributed by atoms with Gasteiger partial charge in [0.05, 0.1) is 12.0 Å². The molecule has 1 N–H and O–H groups in total. The highest BCUT2D eigenvalue weighted by molar-refractivity contribution is 5.70. The predicted molar refractivity (Wildman–Crippen MR) is 40.6 cm³/mol. The Balaban J connectivity index is 3.10. The molecule has 0 atom stereocenters. The fraction of sp³-hybridized carbons (Fsp3) is 0.250. The molecule has 1 aromatic rings. The molecule has 0 saturated carbocycles. The van der Waals surface area contributed by atoms with Gasteiger partial charge in [0.2, 0.25) is 0 Å². The molecule has 0 aliphatic heterocycles. The first-order valence-corrected chi connectivity index (χ1v) is 3.63. The summed E-state index contributed by atoms with van der Waals surface area (Å²) < 4.78 is 36.8. The van der Waals surface area contributed by atoms with Crippen LogP contribution < -0.4 is 0 Å². The summed E-state index contributed by atoms with van der Waals surface area (Å²) in [4.78, 5) is 13.7. The molecule has 0 aromatic carbocycles. The van der Waals surface area contributed by atoms with Crippen LogP contribution in [0.2, 0.25) is 0 Å². The van der Waals surface area contributed by atoms with Crippen LogP contribution in [0.15, 0.2) is 18.5 Å². The average Bonchev–Trinajstić information content (AvgIpc) is 2.01. The first-order valence-electron chi connectivity index (χ1n) is 3.63. The van der Waals surface area contributed by atoms with E-state index in [1.54, 1.807) is 0 Å². The highest BCUT2D eigenvalue weighted by Gasteiger charge is 2.33. The topological polar surface area (TPSA) is 50.2 Å². The van der Waals surface area contributed by atoms with E-state index in [4.69, 9.17) is 5.11 Å². The number of aliphatic carboxylic acids is 1. The van der Waals surface area contributed by atoms with E-state index in [-0.39, 0.29) is 5.56 Å². The maximum absolute atomic E-state index is 12.3. The highest BCUT2D eigenvalue weighted by Crippen LogP contribution is 2.31. The second-order valence-electron chi connectivity index (χ2n) is 2.60. The average molecular weight is 205 g/mol. The molecule has 0 aliphatic carbocycles. The fourth-order valence-corrected chi connectivity index (χ4v) is 1.01. The predicted octanol–water partition coefficient (Wildman–Crippen LogP) is 1.73. The molecule has 0 unspecified atom stereocenters. The van der Waals surface area contributed by atoms with Gasteiger partial charge >= 0.3 is 12.1 Å². The maximum Gasteiger partial charge on any atom is 0.416 e. The van der Waals surface area contributed by atoms with E-state index in [9.17, 15) is 18.0 Å². The fourth-order valence-electron chi connectivity index (χ4n) is 1.01. The number of hydrogen-bond donors (Lipinski definition) is 1. The lowest BCUT2D eigenvalue weighted by Crippen LogP contribution is -2.12. The molecule has 0 radical (unpaired) electrons. The normalized spacial score (nSPS) is 11.4. The second kappa shape index (κ2) is 3.65. The van der Waals surface area contributed by atoms with Gasteiger partial charge in [0.1, 0.15) is 0 Å². The maximum atomic E-state index is 12.3. The molecule has 3 nitrogen and oxygen atoms in total. The first-order chi connectivity index (χ1) is 6.41. The van der Waals surface area contributed by atoms with Gasteiger partial charge in [-0.15, -0.1) is 0 Å². The minimum Gasteiger partial charge on any atom is -0.481 e. The molecule has 0 aliphatic rings. The summed E-state index contributed by atoms with van der Waals surface area (Å²) in [7, 11) is 0. The summed E-state index contributed by atoms with van der Waals surface area (Å²) in [5, 5.41) is 8.36. The first kappa shape index (κ1) is 10.5. The SMILES string of the molecule is O=C(O)Cc1cnccc1C(F)(F)F. The number of hydrogen-bond acceptors (Lipinski definition) is 2. The van der Waals surface area contributed by atoms with Gasteiger partial charge in [-0.25, -0.2) is 0 Å². The number of aromatic nitrogens is 1. The molecule has 0 fully saturated rings. The van der Waals surface area contributed by atoms with E-state index in [1.807, 2.05) is 0 Å². The Morgan fingerprint density at radius 3 is 2.64 bits per heavy atom. The molecule has 1 aromatic heterocycles. The van der Waals surface area contributed by atoms with E-state index in [0.717, 1.165) is 18.5 Å². The second-order valence-corrected chi connectivity index (χ2v) is 2.60. The van der Waals surface area contributed by atoms with Crippen LogP contribution in [0.25, 0.3) is 0 Å². The van der Waals surface area contributed by atoms with Crippen LogP contribution in [0.3, 0.4) is 0 Å². The zero-order valence-electron chi connectivity index (χ0n) is 6.88. The van der Waals surface area contributed by atoms with Crippen LogP contribution >= 0.6 is 0 Å². The van der Waals surface area contributed by atoms with Crippen molar-refractivity contribution in [3.63, 3.8) is 0 Å². The van der Waals surface area contributed by atoms with Crippen LogP contribution in [0.1, 0.15) is 11.1 Å². The van der Waals surface area contributed by atoms with E-state index in [2.05, 4.69) is 4.98 Å². The van der Waals surface area contributed by atoms with Crippen LogP contribution in [-0.4, -0.2) is 16.1 Å². The van der Waals surface area contributed by atoms with Crippen molar-refractivity contribution in [2.45, 2.75) is 12.6 Å². The van der Waals surface area contributed by atoms with Crippen molar-refractivity contribution in [3.05, 3.63) is 29.6 Å². The summed E-state index contributed by atoms with van der Waals surface area (Å²) in [5.41, 5.74) is -1.28. The summed E-state index contributed by atoms with van der Waals surface area (Å²) in [6, 6.07) is 0.762. The number of halogens is 3. The van der Waals surface area contributed by atoms with Gasteiger partial charge in [0, 0.05) is 12.4 Å². The lowest BCUT2D eigenvalue weighted by molar-refractivity contribution is -0.139. The van der Waals surface area contributed by atoms with Crippen LogP contribution in [-0.2, 0) is 17.4 Å². The van der Waals surface area contributed by atoms with Gasteiger partial charge in [0.15, 0.2) is 0 Å². The number of alkyl halides is 3. The van der Waals surface area contributed by atoms with Gasteiger partial charge in [-0.2, -0.15) is 13.2 Å². The van der Waals surface area contributed by atoms with Crippen molar-refractivity contribution in [1.29, 1.82) is 0 Å². The van der Waals surface area contributed by atoms with Gasteiger partial charge < -0.3 is 5.11 Å². The van der Waals surface area contributed by atoms with Crippen molar-refractivity contribution in [2.24, 2.45) is 0 Å². The van der Waals surface area contributed by atoms with Gasteiger partial charge in [-0.3, -0.25) is 9.78 Å². The molecule has 1 heterocycles. The Bertz CT molecular complexity index is 349. The molecule has 6 heteroatoms. The number of carboxylic acids is 1. The summed E-state index contributed by atoms with van der Waals surface area (Å²) >= 11 is 0. The smallest absolute Gasteiger partial charge is 0.416 e. The summed E-state index contributed by atoms with van der Waals surface area (Å²) in [5.74, 6) is -1.32. The van der Waals surface area contributed by atoms with Gasteiger partial charge in [-0.05, 0) is 11.6 Å². The molecule has 0 amide bonds. The van der Waals surface area contributed by atoms with Crippen molar-refractivity contribution in [1.82, 2.24) is 4.98 Å². The van der Waals surface area contributed by atoms with Gasteiger partial charge in [0.25, 0.3) is 0 Å². The minimum atomic E-state index is -4.53. The zero-order chi connectivity index (χ0) is 10.8. The third-order valence-corrected chi connectivity index (χ3v) is 1.55. The van der Waals surface area contributed by atoms with Crippen molar-refractivity contribution < 1.29 is 23.1 Å². The molecule has 0 saturated heterocycles. The molecule has 1 rings (SSSR count). The lowest BCUT2D eigenvalue weighted by Gasteiger charge is -2.09. The minimum absolute atomic E-state index is 0.326. The Morgan fingerprint density at radius 2 is 2.14 bits per heavy atom. The Morgan fingerprint density at radius 1 is 1.50 bits per heavy atom. The molecule has 0 spiro atoms. The monoisotopic (exact) mass is 205 g/mol. The van der Waals surface area contributed by atoms with E-state index >= 15 is 0 Å². The van der Waals surface area contributed by atoms with E-state index < -0.39 is 24.1 Å². The number of carbonyl (C=O) groups is 1. The molecule has 76 valence electrons. The van der Waals surface area contributed by atoms with Gasteiger partial charge in [-0.1, -0.05) is 0 Å². The largest absolute Gasteiger partial charge is 0.481 e. The molecular weight excluding hydrogens is 199 g/mol. The lowest BCUT2D eigenvalue weighted by atomic mass is 10.1. The number of pyridine rings is 1. The van der Waals surface area contributed by atoms with E-state index in [1.165, 1.54) is 0 Å². The number of nitrogens with zero attached hydrogens (tertiary/aromatic N) is 1. The third kappa shape index (κ3) is 2.45. The third-order valence-electron chi connectivity index (χ3n) is 1.55.